The Hall–Kier alpha value is -1.44. The zero-order valence-corrected chi connectivity index (χ0v) is 15.0. The van der Waals surface area contributed by atoms with Gasteiger partial charge in [0.15, 0.2) is 0 Å². The molecule has 0 spiro atoms. The van der Waals surface area contributed by atoms with E-state index in [2.05, 4.69) is 0 Å². The Morgan fingerprint density at radius 1 is 1.30 bits per heavy atom. The maximum absolute atomic E-state index is 12.4. The molecule has 2 aliphatic heterocycles. The first-order valence-corrected chi connectivity index (χ1v) is 8.96. The van der Waals surface area contributed by atoms with Crippen LogP contribution in [0.25, 0.3) is 0 Å². The SMILES string of the molecule is C[C@H]1CN(C(=O)OC(C)(C)C)CCN1C(=O)CN1CSCC1=O. The van der Waals surface area contributed by atoms with Crippen molar-refractivity contribution in [3.63, 3.8) is 0 Å². The highest BCUT2D eigenvalue weighted by Gasteiger charge is 2.33. The normalized spacial score (nSPS) is 22.5. The predicted molar refractivity (Wildman–Crippen MR) is 88.0 cm³/mol. The highest BCUT2D eigenvalue weighted by atomic mass is 32.2. The summed E-state index contributed by atoms with van der Waals surface area (Å²) in [6, 6.07) is -0.0888. The lowest BCUT2D eigenvalue weighted by molar-refractivity contribution is -0.141. The minimum absolute atomic E-state index is 0.0170. The fraction of sp³-hybridized carbons (Fsp3) is 0.800. The van der Waals surface area contributed by atoms with Gasteiger partial charge < -0.3 is 19.4 Å². The molecule has 0 N–H and O–H groups in total. The molecule has 2 fully saturated rings. The number of piperazine rings is 1. The number of amides is 3. The van der Waals surface area contributed by atoms with Gasteiger partial charge in [-0.1, -0.05) is 0 Å². The third-order valence-electron chi connectivity index (χ3n) is 3.75. The summed E-state index contributed by atoms with van der Waals surface area (Å²) in [5, 5.41) is 0. The van der Waals surface area contributed by atoms with E-state index in [4.69, 9.17) is 4.74 Å². The molecule has 3 amide bonds. The number of nitrogens with zero attached hydrogens (tertiary/aromatic N) is 3. The van der Waals surface area contributed by atoms with E-state index in [1.54, 1.807) is 14.7 Å². The Morgan fingerprint density at radius 3 is 2.52 bits per heavy atom. The zero-order chi connectivity index (χ0) is 17.2. The van der Waals surface area contributed by atoms with Crippen molar-refractivity contribution in [3.05, 3.63) is 0 Å². The maximum atomic E-state index is 12.4. The van der Waals surface area contributed by atoms with Gasteiger partial charge in [0.2, 0.25) is 11.8 Å². The van der Waals surface area contributed by atoms with Crippen molar-refractivity contribution >= 4 is 29.7 Å². The van der Waals surface area contributed by atoms with Crippen molar-refractivity contribution in [1.82, 2.24) is 14.7 Å². The van der Waals surface area contributed by atoms with E-state index in [-0.39, 0.29) is 30.5 Å². The van der Waals surface area contributed by atoms with Gasteiger partial charge in [-0.15, -0.1) is 11.8 Å². The summed E-state index contributed by atoms with van der Waals surface area (Å²) in [5.41, 5.74) is -0.527. The van der Waals surface area contributed by atoms with Gasteiger partial charge in [-0.25, -0.2) is 4.79 Å². The Balaban J connectivity index is 1.87. The Morgan fingerprint density at radius 2 is 2.00 bits per heavy atom. The molecule has 2 saturated heterocycles. The average molecular weight is 343 g/mol. The summed E-state index contributed by atoms with van der Waals surface area (Å²) in [6.45, 7) is 8.90. The molecule has 0 aliphatic carbocycles. The van der Waals surface area contributed by atoms with Crippen LogP contribution in [0, 0.1) is 0 Å². The minimum Gasteiger partial charge on any atom is -0.444 e. The number of hydrogen-bond donors (Lipinski definition) is 0. The molecule has 7 nitrogen and oxygen atoms in total. The van der Waals surface area contributed by atoms with E-state index in [0.717, 1.165) is 0 Å². The van der Waals surface area contributed by atoms with Crippen LogP contribution < -0.4 is 0 Å². The smallest absolute Gasteiger partial charge is 0.410 e. The standard InChI is InChI=1S/C15H25N3O4S/c1-11-7-16(14(21)22-15(2,3)4)5-6-18(11)12(19)8-17-10-23-9-13(17)20/h11H,5-10H2,1-4H3/t11-/m0/s1. The lowest BCUT2D eigenvalue weighted by Gasteiger charge is -2.40. The molecule has 0 unspecified atom stereocenters. The van der Waals surface area contributed by atoms with Crippen LogP contribution in [0.5, 0.6) is 0 Å². The van der Waals surface area contributed by atoms with Gasteiger partial charge in [-0.2, -0.15) is 0 Å². The summed E-state index contributed by atoms with van der Waals surface area (Å²) in [5.74, 6) is 0.993. The summed E-state index contributed by atoms with van der Waals surface area (Å²) in [6.07, 6.45) is -0.345. The first-order valence-electron chi connectivity index (χ1n) is 7.80. The molecule has 0 aromatic heterocycles. The van der Waals surface area contributed by atoms with Gasteiger partial charge in [0.25, 0.3) is 0 Å². The van der Waals surface area contributed by atoms with Crippen molar-refractivity contribution in [3.8, 4) is 0 Å². The molecule has 130 valence electrons. The lowest BCUT2D eigenvalue weighted by Crippen LogP contribution is -2.57. The Bertz CT molecular complexity index is 492. The molecular formula is C15H25N3O4S. The topological polar surface area (TPSA) is 70.2 Å². The van der Waals surface area contributed by atoms with Crippen molar-refractivity contribution in [1.29, 1.82) is 0 Å². The zero-order valence-electron chi connectivity index (χ0n) is 14.2. The van der Waals surface area contributed by atoms with E-state index in [0.29, 0.717) is 31.3 Å². The number of thioether (sulfide) groups is 1. The summed E-state index contributed by atoms with van der Waals surface area (Å²) >= 11 is 1.53. The average Bonchev–Trinajstić information content (AvgIpc) is 2.82. The van der Waals surface area contributed by atoms with Crippen molar-refractivity contribution < 1.29 is 19.1 Å². The van der Waals surface area contributed by atoms with Crippen LogP contribution >= 0.6 is 11.8 Å². The lowest BCUT2D eigenvalue weighted by atomic mass is 10.2. The van der Waals surface area contributed by atoms with Crippen LogP contribution in [-0.2, 0) is 14.3 Å². The number of carbonyl (C=O) groups is 3. The van der Waals surface area contributed by atoms with Crippen LogP contribution in [0.2, 0.25) is 0 Å². The van der Waals surface area contributed by atoms with Crippen molar-refractivity contribution in [2.75, 3.05) is 37.8 Å². The van der Waals surface area contributed by atoms with Crippen LogP contribution in [-0.4, -0.2) is 82.1 Å². The second-order valence-corrected chi connectivity index (χ2v) is 7.89. The molecule has 8 heteroatoms. The highest BCUT2D eigenvalue weighted by Crippen LogP contribution is 2.18. The molecule has 0 bridgehead atoms. The van der Waals surface area contributed by atoms with Gasteiger partial charge in [-0.05, 0) is 27.7 Å². The van der Waals surface area contributed by atoms with Gasteiger partial charge in [0, 0.05) is 25.7 Å². The second kappa shape index (κ2) is 6.98. The highest BCUT2D eigenvalue weighted by molar-refractivity contribution is 8.00. The Kier molecular flexibility index (Phi) is 5.44. The molecule has 2 rings (SSSR count). The van der Waals surface area contributed by atoms with Crippen LogP contribution in [0.3, 0.4) is 0 Å². The number of carbonyl (C=O) groups excluding carboxylic acids is 3. The number of ether oxygens (including phenoxy) is 1. The van der Waals surface area contributed by atoms with Gasteiger partial charge >= 0.3 is 6.09 Å². The molecule has 0 radical (unpaired) electrons. The molecular weight excluding hydrogens is 318 g/mol. The number of rotatable bonds is 2. The van der Waals surface area contributed by atoms with Gasteiger partial charge in [-0.3, -0.25) is 9.59 Å². The van der Waals surface area contributed by atoms with Crippen molar-refractivity contribution in [2.24, 2.45) is 0 Å². The Labute approximate surface area is 141 Å². The molecule has 2 aliphatic rings. The fourth-order valence-electron chi connectivity index (χ4n) is 2.61. The van der Waals surface area contributed by atoms with E-state index in [1.807, 2.05) is 27.7 Å². The predicted octanol–water partition coefficient (Wildman–Crippen LogP) is 0.987. The van der Waals surface area contributed by atoms with Crippen LogP contribution in [0.15, 0.2) is 0 Å². The van der Waals surface area contributed by atoms with Crippen molar-refractivity contribution in [2.45, 2.75) is 39.3 Å². The largest absolute Gasteiger partial charge is 0.444 e. The summed E-state index contributed by atoms with van der Waals surface area (Å²) in [7, 11) is 0. The molecule has 23 heavy (non-hydrogen) atoms. The van der Waals surface area contributed by atoms with E-state index < -0.39 is 5.60 Å². The maximum Gasteiger partial charge on any atom is 0.410 e. The van der Waals surface area contributed by atoms with Crippen LogP contribution in [0.1, 0.15) is 27.7 Å². The quantitative estimate of drug-likeness (QED) is 0.748. The monoisotopic (exact) mass is 343 g/mol. The third-order valence-corrected chi connectivity index (χ3v) is 4.70. The third kappa shape index (κ3) is 4.76. The number of hydrogen-bond acceptors (Lipinski definition) is 5. The first kappa shape index (κ1) is 17.9. The fourth-order valence-corrected chi connectivity index (χ4v) is 3.52. The van der Waals surface area contributed by atoms with Gasteiger partial charge in [0.05, 0.1) is 11.6 Å². The van der Waals surface area contributed by atoms with Gasteiger partial charge in [0.1, 0.15) is 12.1 Å². The van der Waals surface area contributed by atoms with E-state index in [1.165, 1.54) is 11.8 Å². The molecule has 0 saturated carbocycles. The van der Waals surface area contributed by atoms with E-state index >= 15 is 0 Å². The van der Waals surface area contributed by atoms with Crippen LogP contribution in [0.4, 0.5) is 4.79 Å². The summed E-state index contributed by atoms with van der Waals surface area (Å²) < 4.78 is 5.37. The molecule has 0 aromatic carbocycles. The molecule has 1 atom stereocenters. The van der Waals surface area contributed by atoms with E-state index in [9.17, 15) is 14.4 Å². The second-order valence-electron chi connectivity index (χ2n) is 6.93. The summed E-state index contributed by atoms with van der Waals surface area (Å²) in [4.78, 5) is 41.1. The molecule has 2 heterocycles. The molecule has 0 aromatic rings. The minimum atomic E-state index is -0.527. The first-order chi connectivity index (χ1) is 10.7.